The SMILES string of the molecule is O=S(=O)(O)S(=O)(=O)C(F)(F)CCO. The van der Waals surface area contributed by atoms with Crippen molar-refractivity contribution in [3.8, 4) is 0 Å². The smallest absolute Gasteiger partial charge is 0.378 e. The van der Waals surface area contributed by atoms with Gasteiger partial charge in [-0.2, -0.15) is 17.2 Å². The lowest BCUT2D eigenvalue weighted by atomic mass is 10.5. The predicted molar refractivity (Wildman–Crippen MR) is 37.1 cm³/mol. The third kappa shape index (κ3) is 2.33. The zero-order valence-corrected chi connectivity index (χ0v) is 7.65. The lowest BCUT2D eigenvalue weighted by molar-refractivity contribution is 0.0629. The molecule has 0 aliphatic rings. The van der Waals surface area contributed by atoms with E-state index in [1.807, 2.05) is 0 Å². The molecule has 10 heteroatoms. The summed E-state index contributed by atoms with van der Waals surface area (Å²) < 4.78 is 73.4. The van der Waals surface area contributed by atoms with Gasteiger partial charge in [0.2, 0.25) is 0 Å². The van der Waals surface area contributed by atoms with Crippen molar-refractivity contribution in [2.45, 2.75) is 11.7 Å². The minimum absolute atomic E-state index is 1.22. The number of hydrogen-bond donors (Lipinski definition) is 2. The molecule has 0 spiro atoms. The van der Waals surface area contributed by atoms with Crippen LogP contribution in [0.3, 0.4) is 0 Å². The van der Waals surface area contributed by atoms with Gasteiger partial charge in [-0.3, -0.25) is 4.55 Å². The summed E-state index contributed by atoms with van der Waals surface area (Å²) in [5.74, 6) is 0. The van der Waals surface area contributed by atoms with Crippen LogP contribution in [0.15, 0.2) is 0 Å². The van der Waals surface area contributed by atoms with Crippen LogP contribution in [0, 0.1) is 0 Å². The second-order valence-corrected chi connectivity index (χ2v) is 6.93. The summed E-state index contributed by atoms with van der Waals surface area (Å²) in [7, 11) is -11.9. The van der Waals surface area contributed by atoms with E-state index in [1.165, 1.54) is 0 Å². The van der Waals surface area contributed by atoms with Crippen molar-refractivity contribution >= 4 is 18.0 Å². The van der Waals surface area contributed by atoms with Crippen LogP contribution in [0.25, 0.3) is 0 Å². The molecule has 0 aromatic carbocycles. The van der Waals surface area contributed by atoms with E-state index in [0.29, 0.717) is 0 Å². The highest BCUT2D eigenvalue weighted by atomic mass is 33.2. The van der Waals surface area contributed by atoms with Crippen LogP contribution in [0.2, 0.25) is 0 Å². The van der Waals surface area contributed by atoms with Gasteiger partial charge in [-0.05, 0) is 0 Å². The van der Waals surface area contributed by atoms with Crippen molar-refractivity contribution in [2.75, 3.05) is 6.61 Å². The number of hydrogen-bond acceptors (Lipinski definition) is 5. The van der Waals surface area contributed by atoms with Crippen molar-refractivity contribution in [3.63, 3.8) is 0 Å². The summed E-state index contributed by atoms with van der Waals surface area (Å²) in [6.45, 7) is -1.22. The van der Waals surface area contributed by atoms with Gasteiger partial charge in [-0.25, -0.2) is 8.42 Å². The van der Waals surface area contributed by atoms with E-state index in [0.717, 1.165) is 0 Å². The Kier molecular flexibility index (Phi) is 3.36. The van der Waals surface area contributed by atoms with E-state index < -0.39 is 36.3 Å². The molecule has 0 rings (SSSR count). The van der Waals surface area contributed by atoms with E-state index in [9.17, 15) is 25.6 Å². The Bertz CT molecular complexity index is 367. The molecular weight excluding hydrogens is 234 g/mol. The van der Waals surface area contributed by atoms with Crippen LogP contribution in [0.1, 0.15) is 6.42 Å². The minimum Gasteiger partial charge on any atom is -0.396 e. The van der Waals surface area contributed by atoms with Crippen molar-refractivity contribution in [3.05, 3.63) is 0 Å². The summed E-state index contributed by atoms with van der Waals surface area (Å²) in [5.41, 5.74) is 0. The van der Waals surface area contributed by atoms with Crippen LogP contribution >= 0.6 is 0 Å². The monoisotopic (exact) mass is 240 g/mol. The molecule has 0 aromatic heterocycles. The average Bonchev–Trinajstić information content (AvgIpc) is 1.84. The molecule has 0 saturated heterocycles. The summed E-state index contributed by atoms with van der Waals surface area (Å²) in [6.07, 6.45) is -1.59. The molecule has 2 N–H and O–H groups in total. The van der Waals surface area contributed by atoms with Gasteiger partial charge in [0, 0.05) is 6.61 Å². The maximum Gasteiger partial charge on any atom is 0.378 e. The predicted octanol–water partition coefficient (Wildman–Crippen LogP) is -0.821. The Morgan fingerprint density at radius 2 is 1.54 bits per heavy atom. The topological polar surface area (TPSA) is 109 Å². The quantitative estimate of drug-likeness (QED) is 0.491. The molecule has 0 aromatic rings. The van der Waals surface area contributed by atoms with Crippen LogP contribution in [-0.2, 0) is 18.0 Å². The van der Waals surface area contributed by atoms with Gasteiger partial charge in [0.25, 0.3) is 0 Å². The summed E-state index contributed by atoms with van der Waals surface area (Å²) >= 11 is 0. The van der Waals surface area contributed by atoms with E-state index in [-0.39, 0.29) is 0 Å². The lowest BCUT2D eigenvalue weighted by Gasteiger charge is -2.12. The molecule has 0 atom stereocenters. The van der Waals surface area contributed by atoms with E-state index in [2.05, 4.69) is 0 Å². The van der Waals surface area contributed by atoms with Gasteiger partial charge in [-0.1, -0.05) is 0 Å². The number of rotatable bonds is 4. The van der Waals surface area contributed by atoms with Crippen molar-refractivity contribution in [2.24, 2.45) is 0 Å². The van der Waals surface area contributed by atoms with Crippen molar-refractivity contribution in [1.82, 2.24) is 0 Å². The standard InChI is InChI=1S/C3H6F2O6S2/c4-3(5,1-2-6)12(7,8)13(9,10)11/h6H,1-2H2,(H,9,10,11). The first-order valence-corrected chi connectivity index (χ1v) is 6.21. The molecule has 0 bridgehead atoms. The maximum absolute atomic E-state index is 12.4. The van der Waals surface area contributed by atoms with Crippen LogP contribution in [-0.4, -0.2) is 38.4 Å². The van der Waals surface area contributed by atoms with E-state index >= 15 is 0 Å². The Hall–Kier alpha value is -0.320. The van der Waals surface area contributed by atoms with Gasteiger partial charge in [-0.15, -0.1) is 0 Å². The normalized spacial score (nSPS) is 14.5. The number of alkyl halides is 2. The zero-order valence-electron chi connectivity index (χ0n) is 6.01. The van der Waals surface area contributed by atoms with Gasteiger partial charge >= 0.3 is 23.3 Å². The fourth-order valence-corrected chi connectivity index (χ4v) is 2.23. The van der Waals surface area contributed by atoms with Crippen LogP contribution in [0.4, 0.5) is 8.78 Å². The molecular formula is C3H6F2O6S2. The first kappa shape index (κ1) is 12.7. The molecule has 6 nitrogen and oxygen atoms in total. The molecule has 0 unspecified atom stereocenters. The molecule has 13 heavy (non-hydrogen) atoms. The maximum atomic E-state index is 12.4. The summed E-state index contributed by atoms with van der Waals surface area (Å²) in [5, 5.41) is 3.32. The molecule has 0 aliphatic heterocycles. The Morgan fingerprint density at radius 3 is 1.77 bits per heavy atom. The number of aliphatic hydroxyl groups is 1. The van der Waals surface area contributed by atoms with Crippen molar-refractivity contribution in [1.29, 1.82) is 0 Å². The van der Waals surface area contributed by atoms with Crippen LogP contribution in [0.5, 0.6) is 0 Å². The van der Waals surface area contributed by atoms with Gasteiger partial charge < -0.3 is 5.11 Å². The van der Waals surface area contributed by atoms with Gasteiger partial charge in [0.1, 0.15) is 0 Å². The average molecular weight is 240 g/mol. The highest BCUT2D eigenvalue weighted by Gasteiger charge is 2.52. The Balaban J connectivity index is 5.32. The molecule has 0 heterocycles. The third-order valence-corrected chi connectivity index (χ3v) is 4.93. The largest absolute Gasteiger partial charge is 0.396 e. The molecule has 0 saturated carbocycles. The number of halogens is 2. The first-order chi connectivity index (χ1) is 5.56. The molecule has 0 amide bonds. The number of aliphatic hydroxyl groups excluding tert-OH is 1. The van der Waals surface area contributed by atoms with Crippen LogP contribution < -0.4 is 0 Å². The molecule has 0 aliphatic carbocycles. The zero-order chi connectivity index (χ0) is 10.9. The van der Waals surface area contributed by atoms with E-state index in [4.69, 9.17) is 9.66 Å². The fraction of sp³-hybridized carbons (Fsp3) is 1.00. The van der Waals surface area contributed by atoms with Gasteiger partial charge in [0.15, 0.2) is 0 Å². The van der Waals surface area contributed by atoms with Gasteiger partial charge in [0.05, 0.1) is 6.42 Å². The second kappa shape index (κ2) is 3.44. The first-order valence-electron chi connectivity index (χ1n) is 2.77. The highest BCUT2D eigenvalue weighted by molar-refractivity contribution is 8.65. The summed E-state index contributed by atoms with van der Waals surface area (Å²) in [4.78, 5) is 0. The molecule has 0 radical (unpaired) electrons. The molecule has 80 valence electrons. The minimum atomic E-state index is -6.00. The van der Waals surface area contributed by atoms with E-state index in [1.54, 1.807) is 0 Å². The highest BCUT2D eigenvalue weighted by Crippen LogP contribution is 2.29. The Morgan fingerprint density at radius 1 is 1.15 bits per heavy atom. The fourth-order valence-electron chi connectivity index (χ4n) is 0.409. The van der Waals surface area contributed by atoms with Crippen molar-refractivity contribution < 1.29 is 35.3 Å². The summed E-state index contributed by atoms with van der Waals surface area (Å²) in [6, 6.07) is 0. The molecule has 0 fully saturated rings. The Labute approximate surface area is 72.2 Å². The third-order valence-electron chi connectivity index (χ3n) is 1.05. The lowest BCUT2D eigenvalue weighted by Crippen LogP contribution is -2.35. The second-order valence-electron chi connectivity index (χ2n) is 1.99.